The Bertz CT molecular complexity index is 1120. The van der Waals surface area contributed by atoms with Gasteiger partial charge < -0.3 is 5.32 Å². The van der Waals surface area contributed by atoms with Crippen LogP contribution in [-0.2, 0) is 6.18 Å². The second kappa shape index (κ2) is 12.4. The van der Waals surface area contributed by atoms with E-state index >= 15 is 4.39 Å². The maximum Gasteiger partial charge on any atom is 0.417 e. The molecule has 0 aliphatic rings. The Morgan fingerprint density at radius 3 is 2.25 bits per heavy atom. The molecule has 198 valence electrons. The van der Waals surface area contributed by atoms with Gasteiger partial charge in [0.15, 0.2) is 0 Å². The van der Waals surface area contributed by atoms with Crippen LogP contribution in [0.1, 0.15) is 46.8 Å². The van der Waals surface area contributed by atoms with Crippen LogP contribution < -0.4 is 11.1 Å². The summed E-state index contributed by atoms with van der Waals surface area (Å²) in [5.41, 5.74) is 1.87. The lowest BCUT2D eigenvalue weighted by molar-refractivity contribution is -0.138. The first-order valence-corrected chi connectivity index (χ1v) is 13.0. The van der Waals surface area contributed by atoms with Crippen LogP contribution in [0, 0.1) is 0 Å². The van der Waals surface area contributed by atoms with Gasteiger partial charge in [0.2, 0.25) is 0 Å². The minimum atomic E-state index is -5.02. The third kappa shape index (κ3) is 8.05. The van der Waals surface area contributed by atoms with Crippen LogP contribution in [-0.4, -0.2) is 29.5 Å². The summed E-state index contributed by atoms with van der Waals surface area (Å²) in [4.78, 5) is 12.5. The number of hydrogen-bond acceptors (Lipinski definition) is 3. The van der Waals surface area contributed by atoms with E-state index in [9.17, 15) is 26.7 Å². The highest BCUT2D eigenvalue weighted by Crippen LogP contribution is 2.40. The molecule has 0 bridgehead atoms. The average Bonchev–Trinajstić information content (AvgIpc) is 2.77. The van der Waals surface area contributed by atoms with E-state index in [-0.39, 0.29) is 20.1 Å². The van der Waals surface area contributed by atoms with Crippen molar-refractivity contribution < 1.29 is 31.1 Å². The van der Waals surface area contributed by atoms with Gasteiger partial charge in [0.25, 0.3) is 5.91 Å². The SMILES string of the molecule is CCSCC(C)NC(=O)c1ccc(/C(F)=C/C(c2cc(Cl)c(Br)c(Cl)c2)C(N)(F)F)cc1C(F)(F)F. The van der Waals surface area contributed by atoms with Crippen LogP contribution in [0.4, 0.5) is 26.3 Å². The molecule has 0 saturated carbocycles. The molecule has 2 aromatic carbocycles. The Morgan fingerprint density at radius 2 is 1.75 bits per heavy atom. The van der Waals surface area contributed by atoms with Crippen molar-refractivity contribution in [3.05, 3.63) is 73.2 Å². The van der Waals surface area contributed by atoms with Crippen molar-refractivity contribution in [2.24, 2.45) is 5.73 Å². The fourth-order valence-electron chi connectivity index (χ4n) is 3.19. The third-order valence-corrected chi connectivity index (χ3v) is 7.94. The molecule has 0 spiro atoms. The molecular weight excluding hydrogens is 617 g/mol. The Kier molecular flexibility index (Phi) is 10.6. The monoisotopic (exact) mass is 636 g/mol. The van der Waals surface area contributed by atoms with Crippen molar-refractivity contribution in [3.8, 4) is 0 Å². The second-order valence-corrected chi connectivity index (χ2v) is 10.7. The molecule has 0 aliphatic heterocycles. The minimum Gasteiger partial charge on any atom is -0.349 e. The van der Waals surface area contributed by atoms with E-state index in [1.807, 2.05) is 6.92 Å². The predicted octanol–water partition coefficient (Wildman–Crippen LogP) is 8.29. The molecule has 0 saturated heterocycles. The number of alkyl halides is 5. The van der Waals surface area contributed by atoms with Crippen molar-refractivity contribution in [2.75, 3.05) is 11.5 Å². The van der Waals surface area contributed by atoms with E-state index in [0.29, 0.717) is 17.9 Å². The molecule has 13 heteroatoms. The van der Waals surface area contributed by atoms with Crippen LogP contribution >= 0.6 is 50.9 Å². The lowest BCUT2D eigenvalue weighted by Gasteiger charge is -2.22. The highest BCUT2D eigenvalue weighted by molar-refractivity contribution is 9.10. The average molecular weight is 638 g/mol. The molecule has 2 unspecified atom stereocenters. The normalized spacial score (nSPS) is 14.5. The van der Waals surface area contributed by atoms with Gasteiger partial charge in [-0.1, -0.05) is 36.2 Å². The summed E-state index contributed by atoms with van der Waals surface area (Å²) in [5.74, 6) is -3.28. The number of rotatable bonds is 9. The zero-order valence-corrected chi connectivity index (χ0v) is 22.7. The molecule has 0 heterocycles. The number of carbonyl (C=O) groups excluding carboxylic acids is 1. The summed E-state index contributed by atoms with van der Waals surface area (Å²) < 4.78 is 84.9. The van der Waals surface area contributed by atoms with Crippen LogP contribution in [0.3, 0.4) is 0 Å². The van der Waals surface area contributed by atoms with E-state index in [1.165, 1.54) is 11.8 Å². The van der Waals surface area contributed by atoms with Crippen LogP contribution in [0.2, 0.25) is 10.0 Å². The molecule has 36 heavy (non-hydrogen) atoms. The van der Waals surface area contributed by atoms with Gasteiger partial charge >= 0.3 is 12.2 Å². The van der Waals surface area contributed by atoms with E-state index in [0.717, 1.165) is 30.0 Å². The van der Waals surface area contributed by atoms with Gasteiger partial charge in [-0.25, -0.2) is 4.39 Å². The molecule has 0 aromatic heterocycles. The van der Waals surface area contributed by atoms with Gasteiger partial charge in [-0.2, -0.15) is 33.7 Å². The summed E-state index contributed by atoms with van der Waals surface area (Å²) in [5, 5.41) is 2.36. The molecule has 3 nitrogen and oxygen atoms in total. The molecule has 0 radical (unpaired) electrons. The molecule has 2 atom stereocenters. The van der Waals surface area contributed by atoms with Crippen molar-refractivity contribution in [3.63, 3.8) is 0 Å². The van der Waals surface area contributed by atoms with E-state index in [1.54, 1.807) is 6.92 Å². The molecular formula is C23H21BrCl2F6N2OS. The molecule has 0 aliphatic carbocycles. The van der Waals surface area contributed by atoms with Gasteiger partial charge in [0.1, 0.15) is 5.83 Å². The lowest BCUT2D eigenvalue weighted by atomic mass is 9.94. The molecule has 2 aromatic rings. The quantitative estimate of drug-likeness (QED) is 0.165. The number of nitrogens with two attached hydrogens (primary N) is 1. The summed E-state index contributed by atoms with van der Waals surface area (Å²) in [6, 6.07) is -0.190. The van der Waals surface area contributed by atoms with Gasteiger partial charge in [0.05, 0.1) is 31.6 Å². The number of amides is 1. The predicted molar refractivity (Wildman–Crippen MR) is 136 cm³/mol. The van der Waals surface area contributed by atoms with E-state index in [4.69, 9.17) is 28.9 Å². The summed E-state index contributed by atoms with van der Waals surface area (Å²) in [7, 11) is 0. The highest BCUT2D eigenvalue weighted by Gasteiger charge is 2.38. The number of thioether (sulfide) groups is 1. The first-order valence-electron chi connectivity index (χ1n) is 10.3. The third-order valence-electron chi connectivity index (χ3n) is 4.89. The number of benzene rings is 2. The number of carbonyl (C=O) groups is 1. The fraction of sp³-hybridized carbons (Fsp3) is 0.348. The molecule has 0 fully saturated rings. The standard InChI is InChI=1S/C23H21BrCl2F6N2OS/c1-3-36-10-11(2)34-21(35)14-5-4-12(6-16(14)22(28,29)30)19(27)9-15(23(31,32)33)13-7-17(25)20(24)18(26)8-13/h4-9,11,15H,3,10,33H2,1-2H3,(H,34,35)/b19-9-. The van der Waals surface area contributed by atoms with Gasteiger partial charge in [-0.05, 0) is 64.5 Å². The van der Waals surface area contributed by atoms with Gasteiger partial charge in [0, 0.05) is 17.4 Å². The van der Waals surface area contributed by atoms with Crippen LogP contribution in [0.15, 0.2) is 40.9 Å². The zero-order chi connectivity index (χ0) is 27.4. The fourth-order valence-corrected chi connectivity index (χ4v) is 4.60. The van der Waals surface area contributed by atoms with Gasteiger partial charge in [-0.3, -0.25) is 10.5 Å². The number of hydrogen-bond donors (Lipinski definition) is 2. The topological polar surface area (TPSA) is 55.1 Å². The molecule has 1 amide bonds. The number of nitrogens with one attached hydrogen (secondary N) is 1. The highest BCUT2D eigenvalue weighted by atomic mass is 79.9. The Balaban J connectivity index is 2.51. The van der Waals surface area contributed by atoms with Gasteiger partial charge in [-0.15, -0.1) is 0 Å². The second-order valence-electron chi connectivity index (χ2n) is 7.76. The smallest absolute Gasteiger partial charge is 0.349 e. The summed E-state index contributed by atoms with van der Waals surface area (Å²) in [6.07, 6.45) is -4.64. The first-order chi connectivity index (χ1) is 16.6. The minimum absolute atomic E-state index is 0.0538. The largest absolute Gasteiger partial charge is 0.417 e. The Labute approximate surface area is 226 Å². The van der Waals surface area contributed by atoms with Crippen LogP contribution in [0.25, 0.3) is 5.83 Å². The Hall–Kier alpha value is -1.40. The molecule has 2 rings (SSSR count). The number of halogens is 9. The van der Waals surface area contributed by atoms with Crippen molar-refractivity contribution in [1.82, 2.24) is 5.32 Å². The maximum atomic E-state index is 15.1. The van der Waals surface area contributed by atoms with Crippen molar-refractivity contribution in [1.29, 1.82) is 0 Å². The van der Waals surface area contributed by atoms with Crippen molar-refractivity contribution >= 4 is 62.6 Å². The zero-order valence-electron chi connectivity index (χ0n) is 18.8. The lowest BCUT2D eigenvalue weighted by Crippen LogP contribution is -2.35. The van der Waals surface area contributed by atoms with Crippen LogP contribution in [0.5, 0.6) is 0 Å². The summed E-state index contributed by atoms with van der Waals surface area (Å²) >= 11 is 16.5. The maximum absolute atomic E-state index is 15.1. The van der Waals surface area contributed by atoms with E-state index < -0.39 is 52.6 Å². The van der Waals surface area contributed by atoms with E-state index in [2.05, 4.69) is 21.2 Å². The molecule has 3 N–H and O–H groups in total. The summed E-state index contributed by atoms with van der Waals surface area (Å²) in [6.45, 7) is 3.53. The van der Waals surface area contributed by atoms with Crippen molar-refractivity contribution in [2.45, 2.75) is 38.0 Å². The Morgan fingerprint density at radius 1 is 1.17 bits per heavy atom. The first kappa shape index (κ1) is 30.8.